The van der Waals surface area contributed by atoms with Crippen molar-refractivity contribution in [3.05, 3.63) is 58.0 Å². The number of aromatic nitrogens is 1. The molecule has 0 bridgehead atoms. The van der Waals surface area contributed by atoms with E-state index in [4.69, 9.17) is 0 Å². The van der Waals surface area contributed by atoms with Crippen molar-refractivity contribution >= 4 is 9.84 Å². The molecule has 0 spiro atoms. The first-order valence-electron chi connectivity index (χ1n) is 6.20. The van der Waals surface area contributed by atoms with Gasteiger partial charge in [0.1, 0.15) is 0 Å². The molecule has 0 fully saturated rings. The number of nitrogens with zero attached hydrogens (tertiary/aromatic N) is 1. The van der Waals surface area contributed by atoms with Crippen LogP contribution in [0.4, 0.5) is 0 Å². The zero-order chi connectivity index (χ0) is 14.9. The van der Waals surface area contributed by atoms with Crippen LogP contribution in [0.25, 0.3) is 11.1 Å². The van der Waals surface area contributed by atoms with E-state index in [2.05, 4.69) is 0 Å². The summed E-state index contributed by atoms with van der Waals surface area (Å²) in [5.74, 6) is 0.0195. The minimum Gasteiger partial charge on any atom is -0.318 e. The van der Waals surface area contributed by atoms with Gasteiger partial charge in [0.15, 0.2) is 9.84 Å². The van der Waals surface area contributed by atoms with Gasteiger partial charge in [0.05, 0.1) is 5.75 Å². The number of aryl methyl sites for hydroxylation is 2. The Labute approximate surface area is 118 Å². The molecule has 2 rings (SSSR count). The van der Waals surface area contributed by atoms with Gasteiger partial charge in [0.2, 0.25) is 0 Å². The second kappa shape index (κ2) is 5.25. The van der Waals surface area contributed by atoms with Gasteiger partial charge in [0, 0.05) is 31.1 Å². The van der Waals surface area contributed by atoms with Gasteiger partial charge in [-0.2, -0.15) is 0 Å². The average molecular weight is 291 g/mol. The third-order valence-corrected chi connectivity index (χ3v) is 3.96. The maximum absolute atomic E-state index is 11.6. The molecule has 0 atom stereocenters. The van der Waals surface area contributed by atoms with Crippen LogP contribution in [0.3, 0.4) is 0 Å². The molecule has 0 saturated carbocycles. The molecule has 1 aromatic carbocycles. The number of hydrogen-bond acceptors (Lipinski definition) is 3. The van der Waals surface area contributed by atoms with E-state index in [1.165, 1.54) is 10.8 Å². The molecule has 20 heavy (non-hydrogen) atoms. The number of rotatable bonds is 3. The third-order valence-electron chi connectivity index (χ3n) is 3.10. The summed E-state index contributed by atoms with van der Waals surface area (Å²) in [6.07, 6.45) is 2.99. The number of sulfone groups is 1. The molecule has 4 nitrogen and oxygen atoms in total. The molecular formula is C15H17NO3S. The normalized spacial score (nSPS) is 11.6. The monoisotopic (exact) mass is 291 g/mol. The minimum absolute atomic E-state index is 0.0195. The summed E-state index contributed by atoms with van der Waals surface area (Å²) in [6, 6.07) is 8.98. The molecule has 0 aliphatic rings. The van der Waals surface area contributed by atoms with Gasteiger partial charge in [-0.3, -0.25) is 4.79 Å². The van der Waals surface area contributed by atoms with Crippen LogP contribution in [0, 0.1) is 6.92 Å². The van der Waals surface area contributed by atoms with Crippen molar-refractivity contribution in [1.82, 2.24) is 4.57 Å². The van der Waals surface area contributed by atoms with Crippen LogP contribution in [-0.4, -0.2) is 19.2 Å². The van der Waals surface area contributed by atoms with E-state index in [1.54, 1.807) is 25.4 Å². The average Bonchev–Trinajstić information content (AvgIpc) is 2.32. The summed E-state index contributed by atoms with van der Waals surface area (Å²) in [5.41, 5.74) is 3.42. The second-order valence-electron chi connectivity index (χ2n) is 5.09. The molecular weight excluding hydrogens is 274 g/mol. The van der Waals surface area contributed by atoms with Crippen LogP contribution < -0.4 is 5.56 Å². The first-order valence-corrected chi connectivity index (χ1v) is 8.26. The Balaban J connectivity index is 2.51. The van der Waals surface area contributed by atoms with Crippen molar-refractivity contribution in [2.75, 3.05) is 6.26 Å². The van der Waals surface area contributed by atoms with Crippen molar-refractivity contribution in [3.8, 4) is 11.1 Å². The zero-order valence-electron chi connectivity index (χ0n) is 11.8. The number of pyridine rings is 1. The Morgan fingerprint density at radius 3 is 2.55 bits per heavy atom. The van der Waals surface area contributed by atoms with Gasteiger partial charge < -0.3 is 4.57 Å². The Hall–Kier alpha value is -1.88. The van der Waals surface area contributed by atoms with Crippen molar-refractivity contribution < 1.29 is 8.42 Å². The van der Waals surface area contributed by atoms with Gasteiger partial charge in [0.25, 0.3) is 5.56 Å². The highest BCUT2D eigenvalue weighted by Gasteiger charge is 2.08. The molecule has 0 saturated heterocycles. The van der Waals surface area contributed by atoms with Gasteiger partial charge >= 0.3 is 0 Å². The maximum atomic E-state index is 11.6. The topological polar surface area (TPSA) is 56.1 Å². The SMILES string of the molecule is Cc1cc(=O)n(C)cc1-c1cccc(CS(C)(=O)=O)c1. The largest absolute Gasteiger partial charge is 0.318 e. The summed E-state index contributed by atoms with van der Waals surface area (Å²) < 4.78 is 24.3. The van der Waals surface area contributed by atoms with E-state index >= 15 is 0 Å². The van der Waals surface area contributed by atoms with Gasteiger partial charge in [-0.05, 0) is 23.6 Å². The predicted octanol–water partition coefficient (Wildman–Crippen LogP) is 1.91. The van der Waals surface area contributed by atoms with E-state index in [0.717, 1.165) is 22.3 Å². The van der Waals surface area contributed by atoms with Crippen LogP contribution >= 0.6 is 0 Å². The van der Waals surface area contributed by atoms with Crippen LogP contribution in [0.1, 0.15) is 11.1 Å². The molecule has 5 heteroatoms. The fourth-order valence-corrected chi connectivity index (χ4v) is 2.94. The molecule has 0 radical (unpaired) electrons. The van der Waals surface area contributed by atoms with E-state index in [-0.39, 0.29) is 11.3 Å². The molecule has 0 amide bonds. The summed E-state index contributed by atoms with van der Waals surface area (Å²) >= 11 is 0. The molecule has 1 heterocycles. The van der Waals surface area contributed by atoms with E-state index in [9.17, 15) is 13.2 Å². The van der Waals surface area contributed by atoms with E-state index in [0.29, 0.717) is 0 Å². The first-order chi connectivity index (χ1) is 9.26. The lowest BCUT2D eigenvalue weighted by Gasteiger charge is -2.09. The fourth-order valence-electron chi connectivity index (χ4n) is 2.16. The van der Waals surface area contributed by atoms with Crippen LogP contribution in [0.2, 0.25) is 0 Å². The first kappa shape index (κ1) is 14.5. The smallest absolute Gasteiger partial charge is 0.250 e. The highest BCUT2D eigenvalue weighted by atomic mass is 32.2. The van der Waals surface area contributed by atoms with Crippen LogP contribution in [0.15, 0.2) is 41.3 Å². The van der Waals surface area contributed by atoms with E-state index in [1.807, 2.05) is 25.1 Å². The van der Waals surface area contributed by atoms with E-state index < -0.39 is 9.84 Å². The molecule has 0 N–H and O–H groups in total. The molecule has 0 aliphatic heterocycles. The molecule has 106 valence electrons. The highest BCUT2D eigenvalue weighted by Crippen LogP contribution is 2.23. The zero-order valence-corrected chi connectivity index (χ0v) is 12.6. The molecule has 1 aromatic heterocycles. The van der Waals surface area contributed by atoms with Gasteiger partial charge in [-0.25, -0.2) is 8.42 Å². The summed E-state index contributed by atoms with van der Waals surface area (Å²) in [6.45, 7) is 1.87. The lowest BCUT2D eigenvalue weighted by atomic mass is 10.0. The fraction of sp³-hybridized carbons (Fsp3) is 0.267. The third kappa shape index (κ3) is 3.36. The number of hydrogen-bond donors (Lipinski definition) is 0. The minimum atomic E-state index is -3.06. The van der Waals surface area contributed by atoms with Crippen molar-refractivity contribution in [3.63, 3.8) is 0 Å². The Morgan fingerprint density at radius 1 is 1.20 bits per heavy atom. The van der Waals surface area contributed by atoms with Crippen LogP contribution in [0.5, 0.6) is 0 Å². The summed E-state index contributed by atoms with van der Waals surface area (Å²) in [5, 5.41) is 0. The Morgan fingerprint density at radius 2 is 1.90 bits per heavy atom. The van der Waals surface area contributed by atoms with Crippen molar-refractivity contribution in [2.45, 2.75) is 12.7 Å². The predicted molar refractivity (Wildman–Crippen MR) is 80.4 cm³/mol. The lowest BCUT2D eigenvalue weighted by Crippen LogP contribution is -2.15. The number of benzene rings is 1. The maximum Gasteiger partial charge on any atom is 0.250 e. The summed E-state index contributed by atoms with van der Waals surface area (Å²) in [7, 11) is -1.36. The van der Waals surface area contributed by atoms with Crippen molar-refractivity contribution in [1.29, 1.82) is 0 Å². The Kier molecular flexibility index (Phi) is 3.81. The lowest BCUT2D eigenvalue weighted by molar-refractivity contribution is 0.601. The standard InChI is InChI=1S/C15H17NO3S/c1-11-7-15(17)16(2)9-14(11)13-6-4-5-12(8-13)10-20(3,18)19/h4-9H,10H2,1-3H3. The van der Waals surface area contributed by atoms with Gasteiger partial charge in [-0.1, -0.05) is 24.3 Å². The second-order valence-corrected chi connectivity index (χ2v) is 7.23. The summed E-state index contributed by atoms with van der Waals surface area (Å²) in [4.78, 5) is 11.6. The molecule has 2 aromatic rings. The quantitative estimate of drug-likeness (QED) is 0.868. The van der Waals surface area contributed by atoms with Gasteiger partial charge in [-0.15, -0.1) is 0 Å². The molecule has 0 unspecified atom stereocenters. The molecule has 0 aliphatic carbocycles. The Bertz CT molecular complexity index is 804. The van der Waals surface area contributed by atoms with Crippen LogP contribution in [-0.2, 0) is 22.6 Å². The highest BCUT2D eigenvalue weighted by molar-refractivity contribution is 7.89. The van der Waals surface area contributed by atoms with Crippen molar-refractivity contribution in [2.24, 2.45) is 7.05 Å².